The second kappa shape index (κ2) is 14.0. The maximum Gasteiger partial charge on any atom is 0.305 e. The number of carbonyl (C=O) groups excluding carboxylic acids is 4. The van der Waals surface area contributed by atoms with Gasteiger partial charge in [-0.05, 0) is 54.4 Å². The first-order valence-corrected chi connectivity index (χ1v) is 15.1. The molecular weight excluding hydrogens is 643 g/mol. The van der Waals surface area contributed by atoms with Gasteiger partial charge < -0.3 is 29.4 Å². The minimum atomic E-state index is -0.345. The molecule has 0 spiro atoms. The van der Waals surface area contributed by atoms with E-state index in [9.17, 15) is 19.2 Å². The van der Waals surface area contributed by atoms with Crippen LogP contribution in [-0.2, 0) is 48.4 Å². The van der Waals surface area contributed by atoms with E-state index in [2.05, 4.69) is 0 Å². The van der Waals surface area contributed by atoms with Gasteiger partial charge >= 0.3 is 11.9 Å². The average Bonchev–Trinajstić information content (AvgIpc) is 3.67. The Morgan fingerprint density at radius 1 is 0.532 bits per heavy atom. The molecule has 250 valence electrons. The van der Waals surface area contributed by atoms with Crippen LogP contribution in [0.25, 0.3) is 24.3 Å². The summed E-state index contributed by atoms with van der Waals surface area (Å²) in [5, 5.41) is 2.26. The topological polar surface area (TPSA) is 143 Å². The van der Waals surface area contributed by atoms with Gasteiger partial charge in [-0.25, -0.2) is 0 Å². The van der Waals surface area contributed by atoms with E-state index in [1.165, 1.54) is 28.1 Å². The molecule has 4 aromatic heterocycles. The summed E-state index contributed by atoms with van der Waals surface area (Å²) in [6, 6.07) is 0. The van der Waals surface area contributed by atoms with E-state index in [4.69, 9.17) is 29.4 Å². The molecular formula is C36H36N4NiO6-4. The molecule has 4 aromatic rings. The van der Waals surface area contributed by atoms with Gasteiger partial charge in [0.15, 0.2) is 11.6 Å². The fourth-order valence-corrected chi connectivity index (χ4v) is 6.14. The van der Waals surface area contributed by atoms with E-state index in [1.54, 1.807) is 12.2 Å². The van der Waals surface area contributed by atoms with Crippen LogP contribution in [-0.4, -0.2) is 37.7 Å². The number of rotatable bonds is 8. The summed E-state index contributed by atoms with van der Waals surface area (Å²) in [7, 11) is 2.71. The van der Waals surface area contributed by atoms with Gasteiger partial charge in [0.1, 0.15) is 0 Å². The number of hydrogen-bond donors (Lipinski definition) is 0. The van der Waals surface area contributed by atoms with E-state index in [0.29, 0.717) is 79.3 Å². The third-order valence-electron chi connectivity index (χ3n) is 8.70. The van der Waals surface area contributed by atoms with Crippen LogP contribution in [0.1, 0.15) is 104 Å². The molecule has 0 unspecified atom stereocenters. The number of esters is 2. The summed E-state index contributed by atoms with van der Waals surface area (Å²) in [6.45, 7) is 10.5. The molecule has 0 saturated heterocycles. The van der Waals surface area contributed by atoms with E-state index < -0.39 is 0 Å². The standard InChI is InChI=1S/C36H38N4O6.Ni/c1-17-23(9-11-33(43)45-7)29-16-30-24(10-12-34(44)46-8)18(2)26(38-30)14-31-36(22(6)42)20(4)28(40-31)15-32-35(21(5)41)19(3)27(39-32)13-25(17)37-29;/h13-16H,9-12H2,1-8H3,(H2-2,37,38,39,40,41,42);/q-2;/p-2/b25-13-,26-14?,27-13?,28-15-,29-16-,30-16?,31-14-,32-15?;. The number of nitrogens with zero attached hydrogens (tertiary/aromatic N) is 4. The van der Waals surface area contributed by atoms with Crippen LogP contribution in [0.5, 0.6) is 0 Å². The van der Waals surface area contributed by atoms with Crippen molar-refractivity contribution in [3.8, 4) is 0 Å². The zero-order valence-electron chi connectivity index (χ0n) is 27.7. The first-order chi connectivity index (χ1) is 21.8. The van der Waals surface area contributed by atoms with Gasteiger partial charge in [-0.1, -0.05) is 57.7 Å². The summed E-state index contributed by atoms with van der Waals surface area (Å²) in [4.78, 5) is 69.7. The van der Waals surface area contributed by atoms with Crippen molar-refractivity contribution in [2.75, 3.05) is 14.2 Å². The van der Waals surface area contributed by atoms with E-state index in [-0.39, 0.29) is 52.8 Å². The molecule has 0 saturated carbocycles. The van der Waals surface area contributed by atoms with Gasteiger partial charge in [0.25, 0.3) is 0 Å². The Morgan fingerprint density at radius 3 is 1.60 bits per heavy atom. The summed E-state index contributed by atoms with van der Waals surface area (Å²) >= 11 is 0. The van der Waals surface area contributed by atoms with Crippen molar-refractivity contribution in [1.29, 1.82) is 0 Å². The molecule has 5 rings (SSSR count). The Kier molecular flexibility index (Phi) is 10.5. The predicted octanol–water partition coefficient (Wildman–Crippen LogP) is 0.992. The molecule has 11 heteroatoms. The average molecular weight is 679 g/mol. The molecule has 0 atom stereocenters. The van der Waals surface area contributed by atoms with E-state index in [0.717, 1.165) is 22.3 Å². The van der Waals surface area contributed by atoms with Crippen molar-refractivity contribution in [2.45, 2.75) is 67.2 Å². The quantitative estimate of drug-likeness (QED) is 0.132. The summed E-state index contributed by atoms with van der Waals surface area (Å²) < 4.78 is 9.82. The Balaban J connectivity index is 0.00000500. The normalized spacial score (nSPS) is 14.6. The predicted molar refractivity (Wildman–Crippen MR) is 171 cm³/mol. The summed E-state index contributed by atoms with van der Waals surface area (Å²) in [5.41, 5.74) is 7.98. The Labute approximate surface area is 282 Å². The minimum absolute atomic E-state index is 0. The van der Waals surface area contributed by atoms with Crippen LogP contribution in [0.15, 0.2) is 0 Å². The molecule has 1 aliphatic rings. The van der Waals surface area contributed by atoms with Crippen LogP contribution in [0.2, 0.25) is 0 Å². The van der Waals surface area contributed by atoms with Crippen LogP contribution in [0.3, 0.4) is 0 Å². The molecule has 0 amide bonds. The number of carbonyl (C=O) groups is 4. The zero-order valence-corrected chi connectivity index (χ0v) is 28.7. The van der Waals surface area contributed by atoms with Crippen LogP contribution < -0.4 is 41.3 Å². The summed E-state index contributed by atoms with van der Waals surface area (Å²) in [5.74, 6) is -0.976. The molecule has 5 heterocycles. The van der Waals surface area contributed by atoms with E-state index >= 15 is 0 Å². The number of ether oxygens (including phenoxy) is 2. The van der Waals surface area contributed by atoms with E-state index in [1.807, 2.05) is 39.8 Å². The van der Waals surface area contributed by atoms with Gasteiger partial charge in [0, 0.05) is 40.5 Å². The Hall–Kier alpha value is -4.63. The van der Waals surface area contributed by atoms with Crippen molar-refractivity contribution >= 4 is 47.8 Å². The van der Waals surface area contributed by atoms with Gasteiger partial charge in [-0.3, -0.25) is 19.2 Å². The fraction of sp³-hybridized carbons (Fsp3) is 0.333. The van der Waals surface area contributed by atoms with Gasteiger partial charge in [-0.15, -0.1) is 44.2 Å². The minimum Gasteiger partial charge on any atom is -0.657 e. The number of fused-ring (bicyclic) bond motifs is 8. The molecule has 47 heavy (non-hydrogen) atoms. The van der Waals surface area contributed by atoms with Crippen molar-refractivity contribution in [3.63, 3.8) is 0 Å². The Morgan fingerprint density at radius 2 is 1.00 bits per heavy atom. The maximum absolute atomic E-state index is 12.9. The molecule has 8 bridgehead atoms. The smallest absolute Gasteiger partial charge is 0.305 e. The van der Waals surface area contributed by atoms with Crippen LogP contribution in [0.4, 0.5) is 0 Å². The monoisotopic (exact) mass is 678 g/mol. The second-order valence-corrected chi connectivity index (χ2v) is 11.6. The Bertz CT molecular complexity index is 2170. The number of aromatic nitrogens is 4. The molecule has 0 radical (unpaired) electrons. The van der Waals surface area contributed by atoms with Gasteiger partial charge in [0.2, 0.25) is 0 Å². The second-order valence-electron chi connectivity index (χ2n) is 11.6. The number of methoxy groups -OCH3 is 2. The fourth-order valence-electron chi connectivity index (χ4n) is 6.14. The zero-order chi connectivity index (χ0) is 33.4. The molecule has 0 fully saturated rings. The summed E-state index contributed by atoms with van der Waals surface area (Å²) in [6.07, 6.45) is 8.31. The first kappa shape index (κ1) is 35.2. The van der Waals surface area contributed by atoms with Crippen molar-refractivity contribution in [3.05, 3.63) is 88.7 Å². The van der Waals surface area contributed by atoms with Crippen molar-refractivity contribution in [2.24, 2.45) is 0 Å². The molecule has 1 aliphatic heterocycles. The number of ketones is 2. The molecule has 10 nitrogen and oxygen atoms in total. The van der Waals surface area contributed by atoms with Crippen molar-refractivity contribution < 1.29 is 45.1 Å². The molecule has 0 N–H and O–H groups in total. The molecule has 0 aliphatic carbocycles. The number of Topliss-reactive ketones (excluding diaryl/α,β-unsaturated/α-hetero) is 2. The van der Waals surface area contributed by atoms with Crippen LogP contribution >= 0.6 is 0 Å². The maximum atomic E-state index is 12.9. The first-order valence-electron chi connectivity index (χ1n) is 15.1. The molecule has 0 aromatic carbocycles. The van der Waals surface area contributed by atoms with Gasteiger partial charge in [0.05, 0.1) is 14.2 Å². The third kappa shape index (κ3) is 6.76. The largest absolute Gasteiger partial charge is 0.657 e. The van der Waals surface area contributed by atoms with Crippen molar-refractivity contribution in [1.82, 2.24) is 19.9 Å². The van der Waals surface area contributed by atoms with Gasteiger partial charge in [-0.2, -0.15) is 0 Å². The number of hydrogen-bond acceptors (Lipinski definition) is 6. The van der Waals surface area contributed by atoms with Crippen LogP contribution in [0, 0.1) is 27.7 Å². The third-order valence-corrected chi connectivity index (χ3v) is 8.70. The SMILES string of the molecule is COC(=O)CCc1c2[n-]c(c1C)/C=c1\[n-]/c(c(C)c1C(C)=O)=C\c1[n-]c(c(C)c1C(C)=O)/C=c1\[n-]/c(c(CCC(=O)OC)c1C)=C\2.[Ni].